The molecule has 0 aliphatic heterocycles. The zero-order chi connectivity index (χ0) is 23.0. The summed E-state index contributed by atoms with van der Waals surface area (Å²) in [6.45, 7) is 0.390. The molecule has 1 aromatic heterocycles. The van der Waals surface area contributed by atoms with Gasteiger partial charge in [0.05, 0.1) is 25.7 Å². The van der Waals surface area contributed by atoms with Gasteiger partial charge < -0.3 is 14.8 Å². The van der Waals surface area contributed by atoms with E-state index >= 15 is 0 Å². The molecule has 33 heavy (non-hydrogen) atoms. The summed E-state index contributed by atoms with van der Waals surface area (Å²) in [4.78, 5) is 17.1. The first kappa shape index (κ1) is 22.4. The molecular weight excluding hydrogens is 436 g/mol. The Labute approximate surface area is 196 Å². The first-order valence-corrected chi connectivity index (χ1v) is 11.3. The standard InChI is InChI=1S/C25H24N4O3S/c1-31-21-14-13-18(15-22(21)32-2)16-26-23(30)17-33-25-27-24(19-9-5-3-6-10-19)29(28-25)20-11-7-4-8-12-20/h3-15H,16-17H2,1-2H3,(H,26,30). The molecular formula is C25H24N4O3S. The summed E-state index contributed by atoms with van der Waals surface area (Å²) in [6, 6.07) is 25.3. The number of carbonyl (C=O) groups is 1. The molecule has 0 aliphatic rings. The van der Waals surface area contributed by atoms with Crippen molar-refractivity contribution in [3.05, 3.63) is 84.4 Å². The van der Waals surface area contributed by atoms with Gasteiger partial charge in [-0.25, -0.2) is 9.67 Å². The topological polar surface area (TPSA) is 78.3 Å². The van der Waals surface area contributed by atoms with E-state index in [1.165, 1.54) is 11.8 Å². The summed E-state index contributed by atoms with van der Waals surface area (Å²) in [5.41, 5.74) is 2.79. The Morgan fingerprint density at radius 1 is 0.939 bits per heavy atom. The van der Waals surface area contributed by atoms with E-state index in [1.54, 1.807) is 18.9 Å². The van der Waals surface area contributed by atoms with E-state index < -0.39 is 0 Å². The molecule has 0 saturated heterocycles. The smallest absolute Gasteiger partial charge is 0.230 e. The number of para-hydroxylation sites is 1. The number of hydrogen-bond donors (Lipinski definition) is 1. The average molecular weight is 461 g/mol. The van der Waals surface area contributed by atoms with Gasteiger partial charge in [0.15, 0.2) is 17.3 Å². The highest BCUT2D eigenvalue weighted by Crippen LogP contribution is 2.28. The molecule has 0 unspecified atom stereocenters. The third kappa shape index (κ3) is 5.53. The number of ether oxygens (including phenoxy) is 2. The molecule has 0 saturated carbocycles. The highest BCUT2D eigenvalue weighted by molar-refractivity contribution is 7.99. The predicted molar refractivity (Wildman–Crippen MR) is 129 cm³/mol. The van der Waals surface area contributed by atoms with Crippen molar-refractivity contribution in [1.29, 1.82) is 0 Å². The third-order valence-corrected chi connectivity index (χ3v) is 5.73. The second kappa shape index (κ2) is 10.7. The van der Waals surface area contributed by atoms with Gasteiger partial charge in [0, 0.05) is 12.1 Å². The molecule has 0 fully saturated rings. The number of benzene rings is 3. The summed E-state index contributed by atoms with van der Waals surface area (Å²) in [5, 5.41) is 8.11. The van der Waals surface area contributed by atoms with E-state index in [0.717, 1.165) is 22.6 Å². The second-order valence-electron chi connectivity index (χ2n) is 7.09. The fourth-order valence-electron chi connectivity index (χ4n) is 3.25. The minimum absolute atomic E-state index is 0.105. The van der Waals surface area contributed by atoms with Crippen LogP contribution in [0.15, 0.2) is 84.0 Å². The lowest BCUT2D eigenvalue weighted by atomic mass is 10.2. The van der Waals surface area contributed by atoms with E-state index in [-0.39, 0.29) is 11.7 Å². The monoisotopic (exact) mass is 460 g/mol. The Morgan fingerprint density at radius 3 is 2.33 bits per heavy atom. The highest BCUT2D eigenvalue weighted by Gasteiger charge is 2.15. The summed E-state index contributed by atoms with van der Waals surface area (Å²) in [7, 11) is 3.18. The summed E-state index contributed by atoms with van der Waals surface area (Å²) in [5.74, 6) is 2.11. The normalized spacial score (nSPS) is 10.6. The van der Waals surface area contributed by atoms with Crippen LogP contribution in [0.3, 0.4) is 0 Å². The largest absolute Gasteiger partial charge is 0.493 e. The lowest BCUT2D eigenvalue weighted by Gasteiger charge is -2.10. The van der Waals surface area contributed by atoms with Crippen LogP contribution in [0, 0.1) is 0 Å². The van der Waals surface area contributed by atoms with Crippen LogP contribution in [0.2, 0.25) is 0 Å². The minimum Gasteiger partial charge on any atom is -0.493 e. The van der Waals surface area contributed by atoms with Gasteiger partial charge in [0.2, 0.25) is 11.1 Å². The highest BCUT2D eigenvalue weighted by atomic mass is 32.2. The van der Waals surface area contributed by atoms with Gasteiger partial charge in [-0.1, -0.05) is 66.4 Å². The molecule has 4 rings (SSSR count). The molecule has 4 aromatic rings. The molecule has 0 radical (unpaired) electrons. The van der Waals surface area contributed by atoms with Gasteiger partial charge in [0.1, 0.15) is 0 Å². The fraction of sp³-hybridized carbons (Fsp3) is 0.160. The van der Waals surface area contributed by atoms with Crippen LogP contribution in [0.25, 0.3) is 17.1 Å². The van der Waals surface area contributed by atoms with Crippen molar-refractivity contribution in [2.24, 2.45) is 0 Å². The van der Waals surface area contributed by atoms with Gasteiger partial charge >= 0.3 is 0 Å². The van der Waals surface area contributed by atoms with Crippen molar-refractivity contribution < 1.29 is 14.3 Å². The van der Waals surface area contributed by atoms with E-state index in [9.17, 15) is 4.79 Å². The quantitative estimate of drug-likeness (QED) is 0.374. The summed E-state index contributed by atoms with van der Waals surface area (Å²) < 4.78 is 12.4. The first-order valence-electron chi connectivity index (χ1n) is 10.4. The Bertz CT molecular complexity index is 1160. The Morgan fingerprint density at radius 2 is 1.64 bits per heavy atom. The molecule has 1 N–H and O–H groups in total. The second-order valence-corrected chi connectivity index (χ2v) is 8.03. The molecule has 3 aromatic carbocycles. The first-order chi connectivity index (χ1) is 16.2. The summed E-state index contributed by atoms with van der Waals surface area (Å²) in [6.07, 6.45) is 0. The van der Waals surface area contributed by atoms with Crippen LogP contribution >= 0.6 is 11.8 Å². The van der Waals surface area contributed by atoms with Crippen molar-refractivity contribution >= 4 is 17.7 Å². The summed E-state index contributed by atoms with van der Waals surface area (Å²) >= 11 is 1.30. The number of hydrogen-bond acceptors (Lipinski definition) is 6. The number of aromatic nitrogens is 3. The predicted octanol–water partition coefficient (Wildman–Crippen LogP) is 4.36. The van der Waals surface area contributed by atoms with Gasteiger partial charge in [-0.3, -0.25) is 4.79 Å². The van der Waals surface area contributed by atoms with Crippen LogP contribution in [0.1, 0.15) is 5.56 Å². The Balaban J connectivity index is 1.43. The van der Waals surface area contributed by atoms with Crippen molar-refractivity contribution in [2.45, 2.75) is 11.7 Å². The fourth-order valence-corrected chi connectivity index (χ4v) is 3.90. The maximum atomic E-state index is 12.4. The minimum atomic E-state index is -0.105. The number of amides is 1. The number of carbonyl (C=O) groups excluding carboxylic acids is 1. The van der Waals surface area contributed by atoms with E-state index in [0.29, 0.717) is 23.2 Å². The number of nitrogens with one attached hydrogen (secondary N) is 1. The lowest BCUT2D eigenvalue weighted by molar-refractivity contribution is -0.118. The number of methoxy groups -OCH3 is 2. The van der Waals surface area contributed by atoms with Gasteiger partial charge in [-0.2, -0.15) is 0 Å². The molecule has 168 valence electrons. The maximum Gasteiger partial charge on any atom is 0.230 e. The Kier molecular flexibility index (Phi) is 7.26. The molecule has 1 amide bonds. The average Bonchev–Trinajstić information content (AvgIpc) is 3.31. The molecule has 0 aliphatic carbocycles. The molecule has 0 bridgehead atoms. The molecule has 0 spiro atoms. The van der Waals surface area contributed by atoms with Crippen LogP contribution < -0.4 is 14.8 Å². The zero-order valence-corrected chi connectivity index (χ0v) is 19.2. The van der Waals surface area contributed by atoms with E-state index in [1.807, 2.05) is 78.9 Å². The van der Waals surface area contributed by atoms with Crippen LogP contribution in [-0.2, 0) is 11.3 Å². The van der Waals surface area contributed by atoms with Crippen molar-refractivity contribution in [3.63, 3.8) is 0 Å². The molecule has 1 heterocycles. The van der Waals surface area contributed by atoms with Gasteiger partial charge in [-0.15, -0.1) is 5.10 Å². The van der Waals surface area contributed by atoms with Crippen LogP contribution in [-0.4, -0.2) is 40.6 Å². The lowest BCUT2D eigenvalue weighted by Crippen LogP contribution is -2.24. The number of nitrogens with zero attached hydrogens (tertiary/aromatic N) is 3. The van der Waals surface area contributed by atoms with E-state index in [4.69, 9.17) is 14.5 Å². The number of thioether (sulfide) groups is 1. The molecule has 8 heteroatoms. The maximum absolute atomic E-state index is 12.4. The van der Waals surface area contributed by atoms with Crippen molar-refractivity contribution in [2.75, 3.05) is 20.0 Å². The zero-order valence-electron chi connectivity index (χ0n) is 18.4. The molecule has 7 nitrogen and oxygen atoms in total. The van der Waals surface area contributed by atoms with Crippen molar-refractivity contribution in [1.82, 2.24) is 20.1 Å². The van der Waals surface area contributed by atoms with Crippen LogP contribution in [0.4, 0.5) is 0 Å². The Hall–Kier alpha value is -3.78. The third-order valence-electron chi connectivity index (χ3n) is 4.89. The van der Waals surface area contributed by atoms with Gasteiger partial charge in [0.25, 0.3) is 0 Å². The van der Waals surface area contributed by atoms with Crippen LogP contribution in [0.5, 0.6) is 11.5 Å². The van der Waals surface area contributed by atoms with E-state index in [2.05, 4.69) is 10.4 Å². The molecule has 0 atom stereocenters. The number of rotatable bonds is 9. The van der Waals surface area contributed by atoms with Gasteiger partial charge in [-0.05, 0) is 29.8 Å². The van der Waals surface area contributed by atoms with Crippen molar-refractivity contribution in [3.8, 4) is 28.6 Å². The SMILES string of the molecule is COc1ccc(CNC(=O)CSc2nc(-c3ccccc3)n(-c3ccccc3)n2)cc1OC.